The molecule has 2 fully saturated rings. The lowest BCUT2D eigenvalue weighted by Gasteiger charge is -2.37. The Kier molecular flexibility index (Phi) is 4.57. The van der Waals surface area contributed by atoms with Gasteiger partial charge in [0, 0.05) is 43.7 Å². The van der Waals surface area contributed by atoms with Gasteiger partial charge in [0.15, 0.2) is 0 Å². The summed E-state index contributed by atoms with van der Waals surface area (Å²) in [5, 5.41) is 3.71. The highest BCUT2D eigenvalue weighted by Gasteiger charge is 2.29. The highest BCUT2D eigenvalue weighted by atomic mass is 32.2. The van der Waals surface area contributed by atoms with E-state index in [2.05, 4.69) is 35.8 Å². The molecule has 94 valence electrons. The molecule has 0 aromatic rings. The van der Waals surface area contributed by atoms with Crippen LogP contribution in [0.4, 0.5) is 0 Å². The number of hydrogen-bond donors (Lipinski definition) is 1. The zero-order valence-electron chi connectivity index (χ0n) is 10.8. The number of hydrogen-bond acceptors (Lipinski definition) is 3. The van der Waals surface area contributed by atoms with E-state index < -0.39 is 0 Å². The SMILES string of the molecule is CCC(C)(CNC1CC1)CN1CCSCC1. The molecule has 1 unspecified atom stereocenters. The molecule has 1 aliphatic carbocycles. The van der Waals surface area contributed by atoms with Gasteiger partial charge in [0.2, 0.25) is 0 Å². The van der Waals surface area contributed by atoms with Crippen LogP contribution in [0.5, 0.6) is 0 Å². The molecule has 1 heterocycles. The molecule has 0 bridgehead atoms. The third kappa shape index (κ3) is 3.94. The van der Waals surface area contributed by atoms with Gasteiger partial charge in [0.1, 0.15) is 0 Å². The summed E-state index contributed by atoms with van der Waals surface area (Å²) in [6, 6.07) is 0.850. The average Bonchev–Trinajstić information content (AvgIpc) is 3.12. The summed E-state index contributed by atoms with van der Waals surface area (Å²) in [6.07, 6.45) is 4.09. The molecular weight excluding hydrogens is 216 g/mol. The van der Waals surface area contributed by atoms with Crippen LogP contribution in [0, 0.1) is 5.41 Å². The molecule has 3 heteroatoms. The summed E-state index contributed by atoms with van der Waals surface area (Å²) in [5.74, 6) is 2.66. The van der Waals surface area contributed by atoms with Crippen LogP contribution >= 0.6 is 11.8 Å². The Morgan fingerprint density at radius 1 is 1.31 bits per heavy atom. The summed E-state index contributed by atoms with van der Waals surface area (Å²) >= 11 is 2.10. The van der Waals surface area contributed by atoms with Crippen LogP contribution in [-0.4, -0.2) is 48.6 Å². The maximum absolute atomic E-state index is 3.71. The monoisotopic (exact) mass is 242 g/mol. The number of rotatable bonds is 6. The standard InChI is InChI=1S/C13H26N2S/c1-3-13(2,10-14-12-4-5-12)11-15-6-8-16-9-7-15/h12,14H,3-11H2,1-2H3. The van der Waals surface area contributed by atoms with Gasteiger partial charge in [-0.05, 0) is 24.7 Å². The van der Waals surface area contributed by atoms with Gasteiger partial charge in [-0.2, -0.15) is 11.8 Å². The van der Waals surface area contributed by atoms with E-state index in [1.165, 1.54) is 56.9 Å². The summed E-state index contributed by atoms with van der Waals surface area (Å²) in [5.41, 5.74) is 0.477. The molecule has 1 aliphatic heterocycles. The molecule has 0 radical (unpaired) electrons. The van der Waals surface area contributed by atoms with Crippen LogP contribution in [0.25, 0.3) is 0 Å². The Morgan fingerprint density at radius 2 is 2.00 bits per heavy atom. The first-order valence-corrected chi connectivity index (χ1v) is 7.91. The van der Waals surface area contributed by atoms with E-state index in [0.717, 1.165) is 6.04 Å². The fraction of sp³-hybridized carbons (Fsp3) is 1.00. The number of nitrogens with zero attached hydrogens (tertiary/aromatic N) is 1. The molecule has 0 aromatic heterocycles. The van der Waals surface area contributed by atoms with E-state index in [-0.39, 0.29) is 0 Å². The van der Waals surface area contributed by atoms with Crippen molar-refractivity contribution in [3.63, 3.8) is 0 Å². The van der Waals surface area contributed by atoms with Crippen LogP contribution in [0.15, 0.2) is 0 Å². The van der Waals surface area contributed by atoms with Crippen molar-refractivity contribution >= 4 is 11.8 Å². The van der Waals surface area contributed by atoms with E-state index in [9.17, 15) is 0 Å². The van der Waals surface area contributed by atoms with Gasteiger partial charge in [-0.25, -0.2) is 0 Å². The first-order chi connectivity index (χ1) is 7.72. The van der Waals surface area contributed by atoms with Crippen LogP contribution in [0.1, 0.15) is 33.1 Å². The zero-order chi connectivity index (χ0) is 11.4. The fourth-order valence-electron chi connectivity index (χ4n) is 2.27. The quantitative estimate of drug-likeness (QED) is 0.769. The molecule has 16 heavy (non-hydrogen) atoms. The lowest BCUT2D eigenvalue weighted by Crippen LogP contribution is -2.45. The maximum atomic E-state index is 3.71. The third-order valence-electron chi connectivity index (χ3n) is 3.96. The van der Waals surface area contributed by atoms with Gasteiger partial charge in [0.05, 0.1) is 0 Å². The molecule has 0 aromatic carbocycles. The van der Waals surface area contributed by atoms with E-state index in [1.54, 1.807) is 0 Å². The van der Waals surface area contributed by atoms with Crippen molar-refractivity contribution in [2.75, 3.05) is 37.7 Å². The first kappa shape index (κ1) is 12.7. The minimum Gasteiger partial charge on any atom is -0.313 e. The smallest absolute Gasteiger partial charge is 0.00729 e. The Morgan fingerprint density at radius 3 is 2.56 bits per heavy atom. The minimum absolute atomic E-state index is 0.477. The highest BCUT2D eigenvalue weighted by Crippen LogP contribution is 2.26. The van der Waals surface area contributed by atoms with Crippen molar-refractivity contribution < 1.29 is 0 Å². The number of nitrogens with one attached hydrogen (secondary N) is 1. The normalized spacial score (nSPS) is 26.6. The first-order valence-electron chi connectivity index (χ1n) is 6.75. The van der Waals surface area contributed by atoms with Crippen molar-refractivity contribution in [1.82, 2.24) is 10.2 Å². The second-order valence-electron chi connectivity index (χ2n) is 5.71. The van der Waals surface area contributed by atoms with Crippen molar-refractivity contribution in [2.24, 2.45) is 5.41 Å². The highest BCUT2D eigenvalue weighted by molar-refractivity contribution is 7.99. The Bertz CT molecular complexity index is 212. The van der Waals surface area contributed by atoms with E-state index >= 15 is 0 Å². The van der Waals surface area contributed by atoms with Gasteiger partial charge in [-0.1, -0.05) is 13.8 Å². The molecule has 1 saturated carbocycles. The number of thioether (sulfide) groups is 1. The summed E-state index contributed by atoms with van der Waals surface area (Å²) < 4.78 is 0. The third-order valence-corrected chi connectivity index (χ3v) is 4.90. The van der Waals surface area contributed by atoms with Crippen molar-refractivity contribution in [3.8, 4) is 0 Å². The molecule has 1 atom stereocenters. The van der Waals surface area contributed by atoms with Gasteiger partial charge < -0.3 is 10.2 Å². The van der Waals surface area contributed by atoms with Crippen LogP contribution in [-0.2, 0) is 0 Å². The molecule has 2 nitrogen and oxygen atoms in total. The fourth-order valence-corrected chi connectivity index (χ4v) is 3.25. The topological polar surface area (TPSA) is 15.3 Å². The van der Waals surface area contributed by atoms with Gasteiger partial charge >= 0.3 is 0 Å². The minimum atomic E-state index is 0.477. The largest absolute Gasteiger partial charge is 0.313 e. The molecule has 2 rings (SSSR count). The van der Waals surface area contributed by atoms with Gasteiger partial charge in [-0.3, -0.25) is 0 Å². The van der Waals surface area contributed by atoms with E-state index in [4.69, 9.17) is 0 Å². The lowest BCUT2D eigenvalue weighted by molar-refractivity contribution is 0.165. The molecule has 2 aliphatic rings. The lowest BCUT2D eigenvalue weighted by atomic mass is 9.86. The second kappa shape index (κ2) is 5.74. The predicted molar refractivity (Wildman–Crippen MR) is 73.2 cm³/mol. The van der Waals surface area contributed by atoms with Gasteiger partial charge in [-0.15, -0.1) is 0 Å². The molecular formula is C13H26N2S. The molecule has 1 N–H and O–H groups in total. The molecule has 1 saturated heterocycles. The Hall–Kier alpha value is 0.270. The maximum Gasteiger partial charge on any atom is 0.00729 e. The zero-order valence-corrected chi connectivity index (χ0v) is 11.6. The predicted octanol–water partition coefficient (Wildman–Crippen LogP) is 2.20. The van der Waals surface area contributed by atoms with E-state index in [0.29, 0.717) is 5.41 Å². The summed E-state index contributed by atoms with van der Waals surface area (Å²) in [7, 11) is 0. The van der Waals surface area contributed by atoms with Crippen molar-refractivity contribution in [1.29, 1.82) is 0 Å². The van der Waals surface area contributed by atoms with Crippen molar-refractivity contribution in [2.45, 2.75) is 39.2 Å². The summed E-state index contributed by atoms with van der Waals surface area (Å²) in [6.45, 7) is 9.87. The Labute approximate surface area is 105 Å². The summed E-state index contributed by atoms with van der Waals surface area (Å²) in [4.78, 5) is 2.66. The molecule has 0 amide bonds. The van der Waals surface area contributed by atoms with Crippen LogP contribution in [0.3, 0.4) is 0 Å². The van der Waals surface area contributed by atoms with E-state index in [1.807, 2.05) is 0 Å². The van der Waals surface area contributed by atoms with Crippen molar-refractivity contribution in [3.05, 3.63) is 0 Å². The van der Waals surface area contributed by atoms with Crippen LogP contribution < -0.4 is 5.32 Å². The Balaban J connectivity index is 1.76. The van der Waals surface area contributed by atoms with Gasteiger partial charge in [0.25, 0.3) is 0 Å². The molecule has 0 spiro atoms. The average molecular weight is 242 g/mol. The van der Waals surface area contributed by atoms with Crippen LogP contribution in [0.2, 0.25) is 0 Å². The second-order valence-corrected chi connectivity index (χ2v) is 6.93.